The van der Waals surface area contributed by atoms with E-state index in [0.29, 0.717) is 13.0 Å². The summed E-state index contributed by atoms with van der Waals surface area (Å²) < 4.78 is 12.8. The molecule has 1 heterocycles. The Hall–Kier alpha value is -4.94. The Labute approximate surface area is 252 Å². The van der Waals surface area contributed by atoms with Gasteiger partial charge < -0.3 is 19.4 Å². The fourth-order valence-electron chi connectivity index (χ4n) is 5.10. The molecule has 0 aliphatic heterocycles. The molecular formula is C37H36N2O4. The van der Waals surface area contributed by atoms with Crippen LogP contribution in [0.5, 0.6) is 0 Å². The van der Waals surface area contributed by atoms with Crippen LogP contribution in [-0.2, 0) is 32.1 Å². The highest BCUT2D eigenvalue weighted by atomic mass is 16.5. The fraction of sp³-hybridized carbons (Fsp3) is 0.189. The van der Waals surface area contributed by atoms with E-state index in [4.69, 9.17) is 9.47 Å². The monoisotopic (exact) mass is 572 g/mol. The number of nitrogens with zero attached hydrogens (tertiary/aromatic N) is 1. The molecule has 0 saturated heterocycles. The predicted octanol–water partition coefficient (Wildman–Crippen LogP) is 6.87. The normalized spacial score (nSPS) is 12.3. The Kier molecular flexibility index (Phi) is 10.2. The number of rotatable bonds is 13. The fourth-order valence-corrected chi connectivity index (χ4v) is 5.10. The second kappa shape index (κ2) is 14.8. The van der Waals surface area contributed by atoms with Crippen LogP contribution in [0.15, 0.2) is 134 Å². The first-order valence-corrected chi connectivity index (χ1v) is 14.4. The van der Waals surface area contributed by atoms with Gasteiger partial charge in [-0.25, -0.2) is 0 Å². The zero-order chi connectivity index (χ0) is 29.9. The van der Waals surface area contributed by atoms with Gasteiger partial charge in [0.25, 0.3) is 0 Å². The van der Waals surface area contributed by atoms with Crippen molar-refractivity contribution in [3.8, 4) is 22.3 Å². The van der Waals surface area contributed by atoms with Gasteiger partial charge in [0.2, 0.25) is 5.91 Å². The van der Waals surface area contributed by atoms with Gasteiger partial charge in [-0.15, -0.1) is 0 Å². The summed E-state index contributed by atoms with van der Waals surface area (Å²) in [7, 11) is 1.61. The lowest BCUT2D eigenvalue weighted by Gasteiger charge is -2.23. The van der Waals surface area contributed by atoms with Gasteiger partial charge in [0.15, 0.2) is 0 Å². The summed E-state index contributed by atoms with van der Waals surface area (Å²) in [5.41, 5.74) is 6.23. The summed E-state index contributed by atoms with van der Waals surface area (Å²) in [5, 5.41) is 3.13. The molecule has 0 aliphatic carbocycles. The molecule has 1 N–H and O–H groups in total. The molecule has 5 rings (SSSR count). The number of hydrogen-bond donors (Lipinski definition) is 1. The highest BCUT2D eigenvalue weighted by Crippen LogP contribution is 2.27. The van der Waals surface area contributed by atoms with Crippen molar-refractivity contribution in [1.82, 2.24) is 9.88 Å². The lowest BCUT2D eigenvalue weighted by molar-refractivity contribution is -0.147. The number of nitrogens with one attached hydrogen (secondary N) is 1. The van der Waals surface area contributed by atoms with Crippen LogP contribution in [-0.4, -0.2) is 36.2 Å². The molecule has 218 valence electrons. The second-order valence-electron chi connectivity index (χ2n) is 10.5. The van der Waals surface area contributed by atoms with E-state index in [1.807, 2.05) is 97.3 Å². The van der Waals surface area contributed by atoms with Gasteiger partial charge >= 0.3 is 5.97 Å². The minimum absolute atomic E-state index is 0.106. The molecule has 6 heteroatoms. The van der Waals surface area contributed by atoms with Gasteiger partial charge in [0, 0.05) is 19.5 Å². The molecule has 0 aliphatic rings. The van der Waals surface area contributed by atoms with E-state index in [9.17, 15) is 9.59 Å². The lowest BCUT2D eigenvalue weighted by Crippen LogP contribution is -2.43. The first-order valence-electron chi connectivity index (χ1n) is 14.4. The average Bonchev–Trinajstić information content (AvgIpc) is 3.54. The Morgan fingerprint density at radius 2 is 1.26 bits per heavy atom. The first-order chi connectivity index (χ1) is 21.1. The van der Waals surface area contributed by atoms with Crippen LogP contribution in [0.4, 0.5) is 0 Å². The van der Waals surface area contributed by atoms with E-state index in [2.05, 4.69) is 41.7 Å². The molecule has 0 fully saturated rings. The van der Waals surface area contributed by atoms with E-state index in [1.165, 1.54) is 0 Å². The maximum Gasteiger partial charge on any atom is 0.308 e. The molecule has 2 unspecified atom stereocenters. The molecule has 0 radical (unpaired) electrons. The number of amides is 1. The Morgan fingerprint density at radius 1 is 0.698 bits per heavy atom. The standard InChI is InChI=1S/C37H36N2O4/c1-42-27-34(23-28-11-5-2-6-12-28)38-37(41)35(24-36(40)43-26-29-13-7-3-8-14-29)39-22-21-33(25-39)32-19-17-31(18-20-32)30-15-9-4-10-16-30/h2-22,25,34-35H,23-24,26-27H2,1H3,(H,38,41). The maximum atomic E-state index is 13.8. The molecule has 43 heavy (non-hydrogen) atoms. The van der Waals surface area contributed by atoms with Gasteiger partial charge in [-0.3, -0.25) is 9.59 Å². The van der Waals surface area contributed by atoms with Gasteiger partial charge in [0.05, 0.1) is 19.1 Å². The number of hydrogen-bond acceptors (Lipinski definition) is 4. The van der Waals surface area contributed by atoms with Crippen molar-refractivity contribution in [2.24, 2.45) is 0 Å². The maximum absolute atomic E-state index is 13.8. The zero-order valence-corrected chi connectivity index (χ0v) is 24.3. The lowest BCUT2D eigenvalue weighted by atomic mass is 10.0. The molecule has 4 aromatic carbocycles. The summed E-state index contributed by atoms with van der Waals surface area (Å²) >= 11 is 0. The molecular weight excluding hydrogens is 536 g/mol. The van der Waals surface area contributed by atoms with Crippen LogP contribution in [0.1, 0.15) is 23.6 Å². The highest BCUT2D eigenvalue weighted by molar-refractivity contribution is 5.86. The molecule has 1 amide bonds. The number of carbonyl (C=O) groups is 2. The van der Waals surface area contributed by atoms with E-state index in [0.717, 1.165) is 33.4 Å². The SMILES string of the molecule is COCC(Cc1ccccc1)NC(=O)C(CC(=O)OCc1ccccc1)n1ccc(-c2ccc(-c3ccccc3)cc2)c1. The molecule has 6 nitrogen and oxygen atoms in total. The van der Waals surface area contributed by atoms with E-state index in [1.54, 1.807) is 11.7 Å². The summed E-state index contributed by atoms with van der Waals surface area (Å²) in [5.74, 6) is -0.714. The number of benzene rings is 4. The molecule has 0 saturated carbocycles. The van der Waals surface area contributed by atoms with E-state index < -0.39 is 12.0 Å². The summed E-state index contributed by atoms with van der Waals surface area (Å²) in [4.78, 5) is 26.8. The van der Waals surface area contributed by atoms with Gasteiger partial charge in [-0.2, -0.15) is 0 Å². The van der Waals surface area contributed by atoms with E-state index in [-0.39, 0.29) is 25.0 Å². The van der Waals surface area contributed by atoms with Crippen molar-refractivity contribution in [1.29, 1.82) is 0 Å². The quantitative estimate of drug-likeness (QED) is 0.156. The van der Waals surface area contributed by atoms with Crippen molar-refractivity contribution in [2.45, 2.75) is 31.5 Å². The number of aromatic nitrogens is 1. The number of ether oxygens (including phenoxy) is 2. The van der Waals surface area contributed by atoms with Crippen LogP contribution < -0.4 is 5.32 Å². The van der Waals surface area contributed by atoms with Crippen molar-refractivity contribution in [3.63, 3.8) is 0 Å². The number of esters is 1. The van der Waals surface area contributed by atoms with Crippen molar-refractivity contribution in [2.75, 3.05) is 13.7 Å². The number of methoxy groups -OCH3 is 1. The Morgan fingerprint density at radius 3 is 1.88 bits per heavy atom. The topological polar surface area (TPSA) is 69.6 Å². The third-order valence-electron chi connectivity index (χ3n) is 7.34. The molecule has 5 aromatic rings. The molecule has 2 atom stereocenters. The molecule has 0 bridgehead atoms. The van der Waals surface area contributed by atoms with Crippen LogP contribution >= 0.6 is 0 Å². The van der Waals surface area contributed by atoms with Gasteiger partial charge in [-0.1, -0.05) is 115 Å². The van der Waals surface area contributed by atoms with E-state index >= 15 is 0 Å². The van der Waals surface area contributed by atoms with Gasteiger partial charge in [0.1, 0.15) is 12.6 Å². The van der Waals surface area contributed by atoms with Crippen LogP contribution in [0.25, 0.3) is 22.3 Å². The average molecular weight is 573 g/mol. The first kappa shape index (κ1) is 29.5. The summed E-state index contributed by atoms with van der Waals surface area (Å²) in [6.45, 7) is 0.496. The minimum atomic E-state index is -0.796. The Balaban J connectivity index is 1.34. The van der Waals surface area contributed by atoms with Gasteiger partial charge in [-0.05, 0) is 45.9 Å². The summed E-state index contributed by atoms with van der Waals surface area (Å²) in [6.07, 6.45) is 4.26. The smallest absolute Gasteiger partial charge is 0.308 e. The Bertz CT molecular complexity index is 1580. The predicted molar refractivity (Wildman–Crippen MR) is 169 cm³/mol. The molecule has 0 spiro atoms. The van der Waals surface area contributed by atoms with Crippen LogP contribution in [0, 0.1) is 0 Å². The van der Waals surface area contributed by atoms with Crippen molar-refractivity contribution < 1.29 is 19.1 Å². The van der Waals surface area contributed by atoms with Crippen molar-refractivity contribution >= 4 is 11.9 Å². The van der Waals surface area contributed by atoms with Crippen LogP contribution in [0.3, 0.4) is 0 Å². The minimum Gasteiger partial charge on any atom is -0.461 e. The zero-order valence-electron chi connectivity index (χ0n) is 24.3. The largest absolute Gasteiger partial charge is 0.461 e. The van der Waals surface area contributed by atoms with Crippen molar-refractivity contribution in [3.05, 3.63) is 145 Å². The third-order valence-corrected chi connectivity index (χ3v) is 7.34. The highest BCUT2D eigenvalue weighted by Gasteiger charge is 2.27. The second-order valence-corrected chi connectivity index (χ2v) is 10.5. The molecule has 1 aromatic heterocycles. The summed E-state index contributed by atoms with van der Waals surface area (Å²) in [6, 6.07) is 38.9. The van der Waals surface area contributed by atoms with Crippen LogP contribution in [0.2, 0.25) is 0 Å². The number of carbonyl (C=O) groups excluding carboxylic acids is 2. The third kappa shape index (κ3) is 8.31.